The van der Waals surface area contributed by atoms with E-state index in [4.69, 9.17) is 14.5 Å². The number of benzene rings is 2. The molecule has 2 aromatic carbocycles. The second-order valence-corrected chi connectivity index (χ2v) is 8.62. The number of halogens is 1. The van der Waals surface area contributed by atoms with Gasteiger partial charge in [-0.3, -0.25) is 14.6 Å². The van der Waals surface area contributed by atoms with E-state index in [-0.39, 0.29) is 18.3 Å². The van der Waals surface area contributed by atoms with Gasteiger partial charge in [-0.1, -0.05) is 29.5 Å². The Kier molecular flexibility index (Phi) is 6.80. The lowest BCUT2D eigenvalue weighted by Crippen LogP contribution is -2.44. The Morgan fingerprint density at radius 1 is 1.26 bits per heavy atom. The Balaban J connectivity index is 1.55. The zero-order valence-corrected chi connectivity index (χ0v) is 18.6. The van der Waals surface area contributed by atoms with Crippen LogP contribution in [0.3, 0.4) is 0 Å². The van der Waals surface area contributed by atoms with Gasteiger partial charge in [-0.05, 0) is 43.2 Å². The van der Waals surface area contributed by atoms with Gasteiger partial charge in [0, 0.05) is 26.2 Å². The molecule has 1 saturated heterocycles. The summed E-state index contributed by atoms with van der Waals surface area (Å²) in [6, 6.07) is 10.2. The molecule has 1 fully saturated rings. The van der Waals surface area contributed by atoms with Crippen LogP contribution >= 0.6 is 11.3 Å². The lowest BCUT2D eigenvalue weighted by molar-refractivity contribution is -0.120. The average Bonchev–Trinajstić information content (AvgIpc) is 3.18. The van der Waals surface area contributed by atoms with E-state index in [2.05, 4.69) is 17.9 Å². The number of aryl methyl sites for hydroxylation is 2. The Hall–Kier alpha value is -2.55. The van der Waals surface area contributed by atoms with Gasteiger partial charge in [0.2, 0.25) is 0 Å². The molecule has 0 atom stereocenters. The molecule has 0 unspecified atom stereocenters. The summed E-state index contributed by atoms with van der Waals surface area (Å²) in [7, 11) is 0. The highest BCUT2D eigenvalue weighted by molar-refractivity contribution is 7.22. The molecule has 0 bridgehead atoms. The molecule has 1 aromatic heterocycles. The summed E-state index contributed by atoms with van der Waals surface area (Å²) < 4.78 is 25.9. The molecule has 2 heterocycles. The van der Waals surface area contributed by atoms with Crippen molar-refractivity contribution in [2.24, 2.45) is 0 Å². The molecular weight excluding hydrogens is 417 g/mol. The normalized spacial score (nSPS) is 14.7. The number of anilines is 1. The highest BCUT2D eigenvalue weighted by Crippen LogP contribution is 2.32. The SMILES string of the molecule is Cc1cc(C)c2sc(N(CCN3CCOCC3)C(=O)COc3ccccc3F)nc2c1. The number of ether oxygens (including phenoxy) is 2. The van der Waals surface area contributed by atoms with E-state index < -0.39 is 5.82 Å². The van der Waals surface area contributed by atoms with Crippen LogP contribution in [-0.2, 0) is 9.53 Å². The monoisotopic (exact) mass is 443 g/mol. The second kappa shape index (κ2) is 9.72. The molecule has 1 amide bonds. The Labute approximate surface area is 185 Å². The maximum atomic E-state index is 13.9. The largest absolute Gasteiger partial charge is 0.481 e. The van der Waals surface area contributed by atoms with Gasteiger partial charge in [-0.15, -0.1) is 0 Å². The molecular formula is C23H26FN3O3S. The number of amides is 1. The van der Waals surface area contributed by atoms with Gasteiger partial charge in [0.25, 0.3) is 5.91 Å². The van der Waals surface area contributed by atoms with Crippen molar-refractivity contribution in [3.8, 4) is 5.75 Å². The highest BCUT2D eigenvalue weighted by Gasteiger charge is 2.23. The summed E-state index contributed by atoms with van der Waals surface area (Å²) in [5.41, 5.74) is 3.16. The van der Waals surface area contributed by atoms with E-state index in [0.29, 0.717) is 31.4 Å². The molecule has 1 aliphatic heterocycles. The van der Waals surface area contributed by atoms with E-state index >= 15 is 0 Å². The van der Waals surface area contributed by atoms with Crippen molar-refractivity contribution >= 4 is 32.6 Å². The van der Waals surface area contributed by atoms with Crippen molar-refractivity contribution in [1.82, 2.24) is 9.88 Å². The van der Waals surface area contributed by atoms with Crippen LogP contribution in [0.15, 0.2) is 36.4 Å². The van der Waals surface area contributed by atoms with Crippen LogP contribution in [-0.4, -0.2) is 61.8 Å². The molecule has 0 spiro atoms. The molecule has 0 N–H and O–H groups in total. The number of hydrogen-bond acceptors (Lipinski definition) is 6. The van der Waals surface area contributed by atoms with Crippen LogP contribution in [0.25, 0.3) is 10.2 Å². The number of fused-ring (bicyclic) bond motifs is 1. The van der Waals surface area contributed by atoms with Crippen LogP contribution in [0.2, 0.25) is 0 Å². The minimum absolute atomic E-state index is 0.0692. The number of thiazole rings is 1. The number of carbonyl (C=O) groups is 1. The number of morpholine rings is 1. The van der Waals surface area contributed by atoms with Crippen molar-refractivity contribution in [2.75, 3.05) is 50.9 Å². The van der Waals surface area contributed by atoms with Crippen LogP contribution in [0.1, 0.15) is 11.1 Å². The molecule has 1 aliphatic rings. The fourth-order valence-corrected chi connectivity index (χ4v) is 4.71. The van der Waals surface area contributed by atoms with Crippen molar-refractivity contribution in [3.05, 3.63) is 53.3 Å². The van der Waals surface area contributed by atoms with Gasteiger partial charge < -0.3 is 9.47 Å². The number of nitrogens with zero attached hydrogens (tertiary/aromatic N) is 3. The van der Waals surface area contributed by atoms with Crippen molar-refractivity contribution in [1.29, 1.82) is 0 Å². The third-order valence-corrected chi connectivity index (χ3v) is 6.50. The standard InChI is InChI=1S/C23H26FN3O3S/c1-16-13-17(2)22-19(14-16)25-23(31-22)27(8-7-26-9-11-29-12-10-26)21(28)15-30-20-6-4-3-5-18(20)24/h3-6,13-14H,7-12,15H2,1-2H3. The van der Waals surface area contributed by atoms with Gasteiger partial charge in [-0.2, -0.15) is 0 Å². The van der Waals surface area contributed by atoms with Crippen molar-refractivity contribution < 1.29 is 18.7 Å². The van der Waals surface area contributed by atoms with Crippen LogP contribution < -0.4 is 9.64 Å². The zero-order valence-electron chi connectivity index (χ0n) is 17.8. The highest BCUT2D eigenvalue weighted by atomic mass is 32.1. The van der Waals surface area contributed by atoms with Gasteiger partial charge in [0.05, 0.1) is 23.4 Å². The predicted molar refractivity (Wildman–Crippen MR) is 121 cm³/mol. The zero-order chi connectivity index (χ0) is 21.8. The molecule has 4 rings (SSSR count). The lowest BCUT2D eigenvalue weighted by Gasteiger charge is -2.29. The Morgan fingerprint density at radius 3 is 2.81 bits per heavy atom. The minimum atomic E-state index is -0.485. The number of carbonyl (C=O) groups excluding carboxylic acids is 1. The first-order chi connectivity index (χ1) is 15.0. The van der Waals surface area contributed by atoms with Gasteiger partial charge in [0.15, 0.2) is 23.3 Å². The maximum Gasteiger partial charge on any atom is 0.266 e. The molecule has 8 heteroatoms. The predicted octanol–water partition coefficient (Wildman–Crippen LogP) is 3.80. The lowest BCUT2D eigenvalue weighted by atomic mass is 10.1. The van der Waals surface area contributed by atoms with E-state index in [0.717, 1.165) is 34.4 Å². The number of hydrogen-bond donors (Lipinski definition) is 0. The van der Waals surface area contributed by atoms with Crippen LogP contribution in [0.4, 0.5) is 9.52 Å². The number of rotatable bonds is 7. The number of para-hydroxylation sites is 1. The molecule has 31 heavy (non-hydrogen) atoms. The quantitative estimate of drug-likeness (QED) is 0.556. The Morgan fingerprint density at radius 2 is 2.03 bits per heavy atom. The third-order valence-electron chi connectivity index (χ3n) is 5.27. The molecule has 3 aromatic rings. The molecule has 0 aliphatic carbocycles. The summed E-state index contributed by atoms with van der Waals surface area (Å²) in [5, 5.41) is 0.638. The summed E-state index contributed by atoms with van der Waals surface area (Å²) in [4.78, 5) is 21.8. The summed E-state index contributed by atoms with van der Waals surface area (Å²) in [6.07, 6.45) is 0. The third kappa shape index (κ3) is 5.20. The van der Waals surface area contributed by atoms with E-state index in [9.17, 15) is 9.18 Å². The van der Waals surface area contributed by atoms with Crippen LogP contribution in [0.5, 0.6) is 5.75 Å². The number of aromatic nitrogens is 1. The van der Waals surface area contributed by atoms with Gasteiger partial charge in [-0.25, -0.2) is 9.37 Å². The van der Waals surface area contributed by atoms with E-state index in [1.54, 1.807) is 17.0 Å². The van der Waals surface area contributed by atoms with Gasteiger partial charge in [0.1, 0.15) is 0 Å². The van der Waals surface area contributed by atoms with Crippen LogP contribution in [0, 0.1) is 19.7 Å². The second-order valence-electron chi connectivity index (χ2n) is 7.64. The van der Waals surface area contributed by atoms with Gasteiger partial charge >= 0.3 is 0 Å². The average molecular weight is 444 g/mol. The first-order valence-corrected chi connectivity index (χ1v) is 11.2. The molecule has 0 radical (unpaired) electrons. The first kappa shape index (κ1) is 21.7. The fourth-order valence-electron chi connectivity index (χ4n) is 3.65. The van der Waals surface area contributed by atoms with E-state index in [1.807, 2.05) is 13.0 Å². The molecule has 0 saturated carbocycles. The maximum absolute atomic E-state index is 13.9. The topological polar surface area (TPSA) is 54.9 Å². The van der Waals surface area contributed by atoms with E-state index in [1.165, 1.54) is 23.5 Å². The smallest absolute Gasteiger partial charge is 0.266 e. The Bertz CT molecular complexity index is 1070. The minimum Gasteiger partial charge on any atom is -0.481 e. The first-order valence-electron chi connectivity index (χ1n) is 10.4. The summed E-state index contributed by atoms with van der Waals surface area (Å²) >= 11 is 1.50. The summed E-state index contributed by atoms with van der Waals surface area (Å²) in [5.74, 6) is -0.661. The molecule has 6 nitrogen and oxygen atoms in total. The van der Waals surface area contributed by atoms with Crippen molar-refractivity contribution in [3.63, 3.8) is 0 Å². The van der Waals surface area contributed by atoms with Crippen molar-refractivity contribution in [2.45, 2.75) is 13.8 Å². The summed E-state index contributed by atoms with van der Waals surface area (Å²) in [6.45, 7) is 8.11. The molecule has 164 valence electrons. The fraction of sp³-hybridized carbons (Fsp3) is 0.391.